The Morgan fingerprint density at radius 3 is 2.85 bits per heavy atom. The van der Waals surface area contributed by atoms with Crippen molar-refractivity contribution in [3.05, 3.63) is 10.1 Å². The molecule has 13 heavy (non-hydrogen) atoms. The van der Waals surface area contributed by atoms with Gasteiger partial charge in [0.2, 0.25) is 0 Å². The second-order valence-electron chi connectivity index (χ2n) is 2.78. The number of nitro groups is 1. The average molecular weight is 187 g/mol. The topological polar surface area (TPSA) is 106 Å². The number of guanidine groups is 1. The normalized spacial score (nSPS) is 12.4. The van der Waals surface area contributed by atoms with E-state index in [1.54, 1.807) is 11.6 Å². The van der Waals surface area contributed by atoms with Crippen molar-refractivity contribution in [3.8, 4) is 0 Å². The van der Waals surface area contributed by atoms with E-state index in [2.05, 4.69) is 10.2 Å². The highest BCUT2D eigenvalue weighted by molar-refractivity contribution is 5.76. The van der Waals surface area contributed by atoms with Crippen LogP contribution in [-0.2, 0) is 0 Å². The molecule has 0 saturated heterocycles. The van der Waals surface area contributed by atoms with Crippen LogP contribution < -0.4 is 11.2 Å². The molecular weight excluding hydrogens is 174 g/mol. The van der Waals surface area contributed by atoms with E-state index in [4.69, 9.17) is 5.73 Å². The average Bonchev–Trinajstić information content (AvgIpc) is 1.96. The van der Waals surface area contributed by atoms with E-state index in [1.165, 1.54) is 0 Å². The molecule has 0 heterocycles. The molecule has 0 aromatic carbocycles. The molecule has 0 saturated carbocycles. The second kappa shape index (κ2) is 5.92. The summed E-state index contributed by atoms with van der Waals surface area (Å²) in [7, 11) is 0. The van der Waals surface area contributed by atoms with Gasteiger partial charge in [0, 0.05) is 6.21 Å². The zero-order chi connectivity index (χ0) is 10.3. The summed E-state index contributed by atoms with van der Waals surface area (Å²) >= 11 is 0. The molecule has 0 amide bonds. The molecular formula is C6H13N5O2. The van der Waals surface area contributed by atoms with Gasteiger partial charge in [-0.2, -0.15) is 5.10 Å². The van der Waals surface area contributed by atoms with Crippen molar-refractivity contribution in [3.63, 3.8) is 0 Å². The van der Waals surface area contributed by atoms with Crippen molar-refractivity contribution in [2.45, 2.75) is 20.3 Å². The van der Waals surface area contributed by atoms with Crippen LogP contribution in [0.1, 0.15) is 20.3 Å². The van der Waals surface area contributed by atoms with Crippen LogP contribution in [0.2, 0.25) is 0 Å². The minimum Gasteiger partial charge on any atom is -0.364 e. The van der Waals surface area contributed by atoms with Crippen molar-refractivity contribution < 1.29 is 5.03 Å². The minimum absolute atomic E-state index is 0.329. The lowest BCUT2D eigenvalue weighted by Gasteiger charge is -1.94. The molecule has 0 aliphatic carbocycles. The molecule has 3 N–H and O–H groups in total. The van der Waals surface area contributed by atoms with Crippen LogP contribution in [0.15, 0.2) is 10.2 Å². The van der Waals surface area contributed by atoms with E-state index < -0.39 is 5.03 Å². The SMILES string of the molecule is CC(C)C/C=N\N=C(\N)N[N+](=O)[O-]. The molecule has 0 aromatic rings. The molecule has 0 atom stereocenters. The van der Waals surface area contributed by atoms with Gasteiger partial charge in [-0.3, -0.25) is 0 Å². The number of nitrogens with zero attached hydrogens (tertiary/aromatic N) is 3. The van der Waals surface area contributed by atoms with Gasteiger partial charge in [0.05, 0.1) is 0 Å². The first-order valence-electron chi connectivity index (χ1n) is 3.78. The Bertz CT molecular complexity index is 223. The summed E-state index contributed by atoms with van der Waals surface area (Å²) in [6.07, 6.45) is 2.31. The molecule has 0 unspecified atom stereocenters. The van der Waals surface area contributed by atoms with E-state index in [0.29, 0.717) is 5.92 Å². The highest BCUT2D eigenvalue weighted by Gasteiger charge is 1.96. The van der Waals surface area contributed by atoms with Crippen molar-refractivity contribution in [1.82, 2.24) is 5.43 Å². The van der Waals surface area contributed by atoms with Gasteiger partial charge in [-0.25, -0.2) is 10.1 Å². The number of rotatable bonds is 4. The molecule has 0 rings (SSSR count). The lowest BCUT2D eigenvalue weighted by atomic mass is 10.2. The number of hydrazine groups is 1. The van der Waals surface area contributed by atoms with Gasteiger partial charge in [0.15, 0.2) is 5.03 Å². The Labute approximate surface area is 75.8 Å². The Morgan fingerprint density at radius 2 is 2.38 bits per heavy atom. The lowest BCUT2D eigenvalue weighted by molar-refractivity contribution is -0.525. The predicted octanol–water partition coefficient (Wildman–Crippen LogP) is 0.114. The summed E-state index contributed by atoms with van der Waals surface area (Å²) in [5, 5.41) is 15.9. The molecule has 7 nitrogen and oxygen atoms in total. The van der Waals surface area contributed by atoms with Crippen LogP contribution in [0.3, 0.4) is 0 Å². The van der Waals surface area contributed by atoms with E-state index in [1.807, 2.05) is 13.8 Å². The summed E-state index contributed by atoms with van der Waals surface area (Å²) < 4.78 is 0. The summed E-state index contributed by atoms with van der Waals surface area (Å²) in [6.45, 7) is 4.04. The third-order valence-electron chi connectivity index (χ3n) is 1.03. The smallest absolute Gasteiger partial charge is 0.275 e. The van der Waals surface area contributed by atoms with Crippen LogP contribution in [0.4, 0.5) is 0 Å². The van der Waals surface area contributed by atoms with Crippen molar-refractivity contribution in [2.24, 2.45) is 21.9 Å². The third-order valence-corrected chi connectivity index (χ3v) is 1.03. The Kier molecular flexibility index (Phi) is 5.17. The first-order chi connectivity index (χ1) is 6.02. The molecule has 0 spiro atoms. The Hall–Kier alpha value is -1.66. The maximum Gasteiger partial charge on any atom is 0.275 e. The summed E-state index contributed by atoms with van der Waals surface area (Å²) in [5.74, 6) is 0.147. The molecule has 74 valence electrons. The summed E-state index contributed by atoms with van der Waals surface area (Å²) in [6, 6.07) is 0. The van der Waals surface area contributed by atoms with Crippen molar-refractivity contribution in [2.75, 3.05) is 0 Å². The molecule has 0 bridgehead atoms. The summed E-state index contributed by atoms with van der Waals surface area (Å²) in [5.41, 5.74) is 6.74. The van der Waals surface area contributed by atoms with Gasteiger partial charge in [-0.15, -0.1) is 5.10 Å². The van der Waals surface area contributed by atoms with Gasteiger partial charge in [-0.1, -0.05) is 19.3 Å². The van der Waals surface area contributed by atoms with Gasteiger partial charge >= 0.3 is 0 Å². The monoisotopic (exact) mass is 187 g/mol. The quantitative estimate of drug-likeness (QED) is 0.282. The van der Waals surface area contributed by atoms with Crippen molar-refractivity contribution >= 4 is 12.2 Å². The molecule has 0 aliphatic heterocycles. The van der Waals surface area contributed by atoms with Gasteiger partial charge < -0.3 is 5.73 Å². The minimum atomic E-state index is -0.795. The number of hydrogen-bond donors (Lipinski definition) is 2. The Balaban J connectivity index is 3.82. The van der Waals surface area contributed by atoms with Crippen LogP contribution in [0, 0.1) is 16.0 Å². The highest BCUT2D eigenvalue weighted by atomic mass is 16.7. The number of hydrogen-bond acceptors (Lipinski definition) is 4. The molecule has 7 heteroatoms. The molecule has 0 aliphatic rings. The fraction of sp³-hybridized carbons (Fsp3) is 0.667. The van der Waals surface area contributed by atoms with Crippen LogP contribution in [-0.4, -0.2) is 17.2 Å². The summed E-state index contributed by atoms with van der Waals surface area (Å²) in [4.78, 5) is 9.83. The fourth-order valence-electron chi connectivity index (χ4n) is 0.477. The zero-order valence-corrected chi connectivity index (χ0v) is 7.60. The van der Waals surface area contributed by atoms with Crippen LogP contribution >= 0.6 is 0 Å². The number of nitrogens with one attached hydrogen (secondary N) is 1. The standard InChI is InChI=1S/C6H13N5O2/c1-5(2)3-4-8-9-6(7)10-11(12)13/h4-5H,3H2,1-2H3,(H3,7,9,10)/b8-4-. The van der Waals surface area contributed by atoms with E-state index >= 15 is 0 Å². The molecule has 0 fully saturated rings. The second-order valence-corrected chi connectivity index (χ2v) is 2.78. The van der Waals surface area contributed by atoms with E-state index in [0.717, 1.165) is 6.42 Å². The van der Waals surface area contributed by atoms with Gasteiger partial charge in [0.1, 0.15) is 0 Å². The maximum atomic E-state index is 9.83. The third kappa shape index (κ3) is 8.24. The van der Waals surface area contributed by atoms with E-state index in [-0.39, 0.29) is 5.96 Å². The van der Waals surface area contributed by atoms with E-state index in [9.17, 15) is 10.1 Å². The first kappa shape index (κ1) is 11.3. The Morgan fingerprint density at radius 1 is 1.77 bits per heavy atom. The first-order valence-corrected chi connectivity index (χ1v) is 3.78. The van der Waals surface area contributed by atoms with Crippen LogP contribution in [0.5, 0.6) is 0 Å². The van der Waals surface area contributed by atoms with Crippen LogP contribution in [0.25, 0.3) is 0 Å². The molecule has 0 aromatic heterocycles. The fourth-order valence-corrected chi connectivity index (χ4v) is 0.477. The highest BCUT2D eigenvalue weighted by Crippen LogP contribution is 1.94. The largest absolute Gasteiger partial charge is 0.364 e. The zero-order valence-electron chi connectivity index (χ0n) is 7.60. The maximum absolute atomic E-state index is 9.83. The van der Waals surface area contributed by atoms with Crippen molar-refractivity contribution in [1.29, 1.82) is 0 Å². The predicted molar refractivity (Wildman–Crippen MR) is 49.7 cm³/mol. The van der Waals surface area contributed by atoms with Gasteiger partial charge in [-0.05, 0) is 12.3 Å². The van der Waals surface area contributed by atoms with Gasteiger partial charge in [0.25, 0.3) is 5.96 Å². The number of nitrogens with two attached hydrogens (primary N) is 1. The lowest BCUT2D eigenvalue weighted by Crippen LogP contribution is -2.35. The molecule has 0 radical (unpaired) electrons.